The Balaban J connectivity index is 2.71. The zero-order chi connectivity index (χ0) is 14.6. The summed E-state index contributed by atoms with van der Waals surface area (Å²) in [5.74, 6) is 0. The van der Waals surface area contributed by atoms with Crippen molar-refractivity contribution in [1.29, 1.82) is 0 Å². The molecule has 0 spiro atoms. The van der Waals surface area contributed by atoms with Gasteiger partial charge < -0.3 is 15.3 Å². The Morgan fingerprint density at radius 1 is 1.32 bits per heavy atom. The van der Waals surface area contributed by atoms with E-state index in [1.165, 1.54) is 6.07 Å². The molecule has 108 valence electrons. The highest BCUT2D eigenvalue weighted by molar-refractivity contribution is 6.30. The number of rotatable bonds is 5. The molecule has 0 aliphatic heterocycles. The molecule has 0 fully saturated rings. The molecule has 0 aliphatic rings. The summed E-state index contributed by atoms with van der Waals surface area (Å²) < 4.78 is 37.7. The third kappa shape index (κ3) is 5.67. The van der Waals surface area contributed by atoms with E-state index in [2.05, 4.69) is 5.32 Å². The second kappa shape index (κ2) is 6.45. The topological polar surface area (TPSA) is 35.5 Å². The number of nitrogens with zero attached hydrogens (tertiary/aromatic N) is 1. The largest absolute Gasteiger partial charge is 0.416 e. The summed E-state index contributed by atoms with van der Waals surface area (Å²) in [5, 5.41) is 12.4. The van der Waals surface area contributed by atoms with E-state index in [1.807, 2.05) is 0 Å². The van der Waals surface area contributed by atoms with Gasteiger partial charge in [0.15, 0.2) is 0 Å². The van der Waals surface area contributed by atoms with Crippen molar-refractivity contribution in [2.45, 2.75) is 12.3 Å². The lowest BCUT2D eigenvalue weighted by Crippen LogP contribution is -2.31. The van der Waals surface area contributed by atoms with Gasteiger partial charge in [-0.15, -0.1) is 0 Å². The molecular weight excluding hydrogens is 281 g/mol. The number of aliphatic hydroxyl groups is 1. The van der Waals surface area contributed by atoms with E-state index >= 15 is 0 Å². The highest BCUT2D eigenvalue weighted by Gasteiger charge is 2.31. The summed E-state index contributed by atoms with van der Waals surface area (Å²) in [4.78, 5) is 1.78. The van der Waals surface area contributed by atoms with Gasteiger partial charge in [-0.1, -0.05) is 11.6 Å². The smallest absolute Gasteiger partial charge is 0.390 e. The van der Waals surface area contributed by atoms with E-state index in [0.29, 0.717) is 6.54 Å². The summed E-state index contributed by atoms with van der Waals surface area (Å²) in [6.07, 6.45) is -5.12. The third-order valence-corrected chi connectivity index (χ3v) is 2.56. The zero-order valence-electron chi connectivity index (χ0n) is 10.6. The van der Waals surface area contributed by atoms with Crippen LogP contribution in [0.4, 0.5) is 18.9 Å². The molecule has 7 heteroatoms. The first-order valence-corrected chi connectivity index (χ1v) is 6.00. The molecule has 0 aliphatic carbocycles. The summed E-state index contributed by atoms with van der Waals surface area (Å²) in [6.45, 7) is 0.565. The minimum absolute atomic E-state index is 0.000533. The Labute approximate surface area is 115 Å². The first kappa shape index (κ1) is 16.1. The average molecular weight is 297 g/mol. The van der Waals surface area contributed by atoms with Crippen LogP contribution >= 0.6 is 11.6 Å². The number of anilines is 1. The number of nitrogens with one attached hydrogen (secondary N) is 1. The molecule has 0 radical (unpaired) electrons. The quantitative estimate of drug-likeness (QED) is 0.877. The van der Waals surface area contributed by atoms with Crippen LogP contribution in [0.3, 0.4) is 0 Å². The van der Waals surface area contributed by atoms with E-state index in [1.54, 1.807) is 19.0 Å². The van der Waals surface area contributed by atoms with Crippen molar-refractivity contribution in [1.82, 2.24) is 4.90 Å². The van der Waals surface area contributed by atoms with Crippen molar-refractivity contribution in [3.05, 3.63) is 28.8 Å². The van der Waals surface area contributed by atoms with Crippen LogP contribution in [0.5, 0.6) is 0 Å². The molecule has 2 N–H and O–H groups in total. The van der Waals surface area contributed by atoms with Crippen molar-refractivity contribution < 1.29 is 18.3 Å². The fraction of sp³-hybridized carbons (Fsp3) is 0.500. The van der Waals surface area contributed by atoms with Crippen molar-refractivity contribution in [3.63, 3.8) is 0 Å². The van der Waals surface area contributed by atoms with Crippen molar-refractivity contribution >= 4 is 17.3 Å². The molecule has 1 atom stereocenters. The van der Waals surface area contributed by atoms with E-state index in [9.17, 15) is 18.3 Å². The lowest BCUT2D eigenvalue weighted by atomic mass is 10.2. The van der Waals surface area contributed by atoms with Crippen LogP contribution in [-0.2, 0) is 6.18 Å². The van der Waals surface area contributed by atoms with Gasteiger partial charge >= 0.3 is 6.18 Å². The molecule has 0 bridgehead atoms. The summed E-state index contributed by atoms with van der Waals surface area (Å²) in [6, 6.07) is 3.22. The van der Waals surface area contributed by atoms with Gasteiger partial charge in [-0.3, -0.25) is 0 Å². The predicted octanol–water partition coefficient (Wildman–Crippen LogP) is 2.69. The number of halogens is 4. The molecule has 0 aromatic heterocycles. The monoisotopic (exact) mass is 296 g/mol. The molecule has 1 aromatic rings. The molecule has 3 nitrogen and oxygen atoms in total. The van der Waals surface area contributed by atoms with Gasteiger partial charge in [0, 0.05) is 23.8 Å². The molecule has 0 saturated carbocycles. The molecule has 0 amide bonds. The molecular formula is C12H16ClF3N2O. The van der Waals surface area contributed by atoms with Gasteiger partial charge in [0.25, 0.3) is 0 Å². The lowest BCUT2D eigenvalue weighted by Gasteiger charge is -2.17. The highest BCUT2D eigenvalue weighted by atomic mass is 35.5. The average Bonchev–Trinajstić information content (AvgIpc) is 2.23. The fourth-order valence-corrected chi connectivity index (χ4v) is 1.81. The maximum atomic E-state index is 12.6. The van der Waals surface area contributed by atoms with Gasteiger partial charge in [0.05, 0.1) is 11.7 Å². The molecule has 0 heterocycles. The fourth-order valence-electron chi connectivity index (χ4n) is 1.58. The second-order valence-electron chi connectivity index (χ2n) is 4.52. The normalized spacial score (nSPS) is 13.7. The Bertz CT molecular complexity index is 424. The predicted molar refractivity (Wildman–Crippen MR) is 69.5 cm³/mol. The Morgan fingerprint density at radius 3 is 2.47 bits per heavy atom. The molecule has 1 aromatic carbocycles. The zero-order valence-corrected chi connectivity index (χ0v) is 11.4. The van der Waals surface area contributed by atoms with E-state index in [0.717, 1.165) is 12.1 Å². The summed E-state index contributed by atoms with van der Waals surface area (Å²) in [7, 11) is 3.59. The van der Waals surface area contributed by atoms with Crippen LogP contribution in [0.25, 0.3) is 0 Å². The van der Waals surface area contributed by atoms with Crippen molar-refractivity contribution in [3.8, 4) is 0 Å². The first-order valence-electron chi connectivity index (χ1n) is 5.63. The highest BCUT2D eigenvalue weighted by Crippen LogP contribution is 2.33. The number of benzene rings is 1. The number of alkyl halides is 3. The number of hydrogen-bond acceptors (Lipinski definition) is 3. The van der Waals surface area contributed by atoms with Gasteiger partial charge in [-0.05, 0) is 32.3 Å². The Morgan fingerprint density at radius 2 is 1.95 bits per heavy atom. The molecule has 0 saturated heterocycles. The standard InChI is InChI=1S/C12H16ClF3N2O/c1-18(2)7-11(19)6-17-10-4-8(12(14,15)16)3-9(13)5-10/h3-5,11,17,19H,6-7H2,1-2H3. The van der Waals surface area contributed by atoms with Gasteiger partial charge in [-0.25, -0.2) is 0 Å². The van der Waals surface area contributed by atoms with Crippen LogP contribution in [0.15, 0.2) is 18.2 Å². The summed E-state index contributed by atoms with van der Waals surface area (Å²) in [5.41, 5.74) is -0.581. The van der Waals surface area contributed by atoms with Crippen LogP contribution in [0.1, 0.15) is 5.56 Å². The van der Waals surface area contributed by atoms with Crippen LogP contribution in [0.2, 0.25) is 5.02 Å². The Hall–Kier alpha value is -0.980. The van der Waals surface area contributed by atoms with Gasteiger partial charge in [-0.2, -0.15) is 13.2 Å². The van der Waals surface area contributed by atoms with E-state index < -0.39 is 17.8 Å². The Kier molecular flexibility index (Phi) is 5.46. The first-order chi connectivity index (χ1) is 8.68. The van der Waals surface area contributed by atoms with E-state index in [4.69, 9.17) is 11.6 Å². The van der Waals surface area contributed by atoms with Crippen molar-refractivity contribution in [2.24, 2.45) is 0 Å². The maximum absolute atomic E-state index is 12.6. The summed E-state index contributed by atoms with van der Waals surface area (Å²) >= 11 is 5.64. The minimum atomic E-state index is -4.44. The van der Waals surface area contributed by atoms with E-state index in [-0.39, 0.29) is 17.3 Å². The number of hydrogen-bond donors (Lipinski definition) is 2. The molecule has 1 rings (SSSR count). The van der Waals surface area contributed by atoms with Crippen molar-refractivity contribution in [2.75, 3.05) is 32.5 Å². The third-order valence-electron chi connectivity index (χ3n) is 2.34. The molecule has 1 unspecified atom stereocenters. The minimum Gasteiger partial charge on any atom is -0.390 e. The van der Waals surface area contributed by atoms with Crippen LogP contribution < -0.4 is 5.32 Å². The molecule has 19 heavy (non-hydrogen) atoms. The van der Waals surface area contributed by atoms with Gasteiger partial charge in [0.2, 0.25) is 0 Å². The number of aliphatic hydroxyl groups excluding tert-OH is 1. The number of likely N-dealkylation sites (N-methyl/N-ethyl adjacent to an activating group) is 1. The maximum Gasteiger partial charge on any atom is 0.416 e. The SMILES string of the molecule is CN(C)CC(O)CNc1cc(Cl)cc(C(F)(F)F)c1. The second-order valence-corrected chi connectivity index (χ2v) is 4.96. The van der Waals surface area contributed by atoms with Crippen LogP contribution in [-0.4, -0.2) is 43.3 Å². The van der Waals surface area contributed by atoms with Gasteiger partial charge in [0.1, 0.15) is 0 Å². The van der Waals surface area contributed by atoms with Crippen LogP contribution in [0, 0.1) is 0 Å². The lowest BCUT2D eigenvalue weighted by molar-refractivity contribution is -0.137.